The van der Waals surface area contributed by atoms with Crippen molar-refractivity contribution in [3.63, 3.8) is 0 Å². The Morgan fingerprint density at radius 3 is 2.77 bits per heavy atom. The number of rotatable bonds is 0. The van der Waals surface area contributed by atoms with Crippen LogP contribution in [-0.2, 0) is 0 Å². The van der Waals surface area contributed by atoms with Gasteiger partial charge in [0.1, 0.15) is 11.3 Å². The molecule has 0 aliphatic rings. The van der Waals surface area contributed by atoms with Gasteiger partial charge in [-0.3, -0.25) is 0 Å². The number of nitrogens with two attached hydrogens (primary N) is 2. The van der Waals surface area contributed by atoms with E-state index in [1.54, 1.807) is 6.20 Å². The van der Waals surface area contributed by atoms with Gasteiger partial charge in [-0.25, -0.2) is 15.0 Å². The monoisotopic (exact) mass is 175 g/mol. The molecule has 66 valence electrons. The number of nitrogen functional groups attached to an aromatic ring is 2. The van der Waals surface area contributed by atoms with Gasteiger partial charge in [0.05, 0.1) is 5.69 Å². The van der Waals surface area contributed by atoms with Gasteiger partial charge in [-0.1, -0.05) is 0 Å². The fraction of sp³-hybridized carbons (Fsp3) is 0.125. The van der Waals surface area contributed by atoms with Gasteiger partial charge in [0.15, 0.2) is 0 Å². The molecule has 0 radical (unpaired) electrons. The van der Waals surface area contributed by atoms with Crippen molar-refractivity contribution in [2.45, 2.75) is 6.92 Å². The van der Waals surface area contributed by atoms with Crippen LogP contribution < -0.4 is 11.5 Å². The van der Waals surface area contributed by atoms with Gasteiger partial charge in [0, 0.05) is 11.6 Å². The third kappa shape index (κ3) is 1.14. The molecule has 0 atom stereocenters. The Hall–Kier alpha value is -1.91. The Balaban J connectivity index is 2.94. The molecule has 0 aromatic carbocycles. The second kappa shape index (κ2) is 2.55. The van der Waals surface area contributed by atoms with Crippen LogP contribution in [0.1, 0.15) is 5.69 Å². The Bertz CT molecular complexity index is 465. The first-order valence-corrected chi connectivity index (χ1v) is 3.83. The van der Waals surface area contributed by atoms with Crippen molar-refractivity contribution < 1.29 is 0 Å². The molecular weight excluding hydrogens is 166 g/mol. The van der Waals surface area contributed by atoms with Gasteiger partial charge in [-0.2, -0.15) is 0 Å². The fourth-order valence-electron chi connectivity index (χ4n) is 1.25. The van der Waals surface area contributed by atoms with Crippen molar-refractivity contribution >= 4 is 22.7 Å². The van der Waals surface area contributed by atoms with E-state index in [2.05, 4.69) is 15.0 Å². The highest BCUT2D eigenvalue weighted by atomic mass is 15.0. The maximum Gasteiger partial charge on any atom is 0.220 e. The predicted molar refractivity (Wildman–Crippen MR) is 50.9 cm³/mol. The maximum atomic E-state index is 5.64. The molecule has 0 aliphatic heterocycles. The van der Waals surface area contributed by atoms with E-state index >= 15 is 0 Å². The van der Waals surface area contributed by atoms with E-state index in [9.17, 15) is 0 Å². The van der Waals surface area contributed by atoms with Crippen LogP contribution in [0.2, 0.25) is 0 Å². The average Bonchev–Trinajstić information content (AvgIpc) is 2.07. The quantitative estimate of drug-likeness (QED) is 0.608. The van der Waals surface area contributed by atoms with Crippen LogP contribution >= 0.6 is 0 Å². The average molecular weight is 175 g/mol. The molecule has 0 aliphatic carbocycles. The highest BCUT2D eigenvalue weighted by Gasteiger charge is 2.04. The molecule has 5 nitrogen and oxygen atoms in total. The molecule has 5 heteroatoms. The van der Waals surface area contributed by atoms with Crippen molar-refractivity contribution in [1.82, 2.24) is 15.0 Å². The van der Waals surface area contributed by atoms with Crippen molar-refractivity contribution in [2.75, 3.05) is 11.5 Å². The smallest absolute Gasteiger partial charge is 0.220 e. The normalized spacial score (nSPS) is 10.5. The van der Waals surface area contributed by atoms with Crippen molar-refractivity contribution in [3.05, 3.63) is 18.0 Å². The molecule has 0 saturated carbocycles. The first-order valence-electron chi connectivity index (χ1n) is 3.83. The number of nitrogens with zero attached hydrogens (tertiary/aromatic N) is 3. The molecular formula is C8H9N5. The Morgan fingerprint density at radius 2 is 2.00 bits per heavy atom. The Kier molecular flexibility index (Phi) is 1.51. The highest BCUT2D eigenvalue weighted by molar-refractivity contribution is 5.89. The van der Waals surface area contributed by atoms with E-state index in [-0.39, 0.29) is 5.95 Å². The lowest BCUT2D eigenvalue weighted by Gasteiger charge is -2.03. The number of hydrogen-bond donors (Lipinski definition) is 2. The molecule has 0 amide bonds. The van der Waals surface area contributed by atoms with E-state index in [0.29, 0.717) is 11.3 Å². The molecule has 2 rings (SSSR count). The maximum absolute atomic E-state index is 5.64. The largest absolute Gasteiger partial charge is 0.382 e. The second-order valence-corrected chi connectivity index (χ2v) is 2.76. The lowest BCUT2D eigenvalue weighted by atomic mass is 10.2. The zero-order chi connectivity index (χ0) is 9.42. The number of hydrogen-bond acceptors (Lipinski definition) is 5. The first-order chi connectivity index (χ1) is 6.18. The molecule has 0 saturated heterocycles. The predicted octanol–water partition coefficient (Wildman–Crippen LogP) is 0.498. The standard InChI is InChI=1S/C8H9N5/c1-4-5-2-3-11-7(9)6(5)13-8(10)12-4/h2-3H,1H3,(H2,9,11)(H2,10,12,13). The summed E-state index contributed by atoms with van der Waals surface area (Å²) >= 11 is 0. The number of fused-ring (bicyclic) bond motifs is 1. The summed E-state index contributed by atoms with van der Waals surface area (Å²) in [5.74, 6) is 0.611. The molecule has 0 unspecified atom stereocenters. The van der Waals surface area contributed by atoms with Gasteiger partial charge in [-0.15, -0.1) is 0 Å². The molecule has 0 bridgehead atoms. The number of anilines is 2. The van der Waals surface area contributed by atoms with Crippen LogP contribution in [0, 0.1) is 6.92 Å². The highest BCUT2D eigenvalue weighted by Crippen LogP contribution is 2.18. The minimum Gasteiger partial charge on any atom is -0.382 e. The van der Waals surface area contributed by atoms with Gasteiger partial charge in [-0.05, 0) is 13.0 Å². The summed E-state index contributed by atoms with van der Waals surface area (Å²) in [4.78, 5) is 12.0. The van der Waals surface area contributed by atoms with E-state index in [1.165, 1.54) is 0 Å². The number of aryl methyl sites for hydroxylation is 1. The summed E-state index contributed by atoms with van der Waals surface area (Å²) in [6, 6.07) is 1.82. The molecule has 2 aromatic heterocycles. The zero-order valence-corrected chi connectivity index (χ0v) is 7.15. The van der Waals surface area contributed by atoms with Crippen LogP contribution in [-0.4, -0.2) is 15.0 Å². The summed E-state index contributed by atoms with van der Waals surface area (Å²) in [5, 5.41) is 0.890. The van der Waals surface area contributed by atoms with E-state index in [0.717, 1.165) is 11.1 Å². The summed E-state index contributed by atoms with van der Waals surface area (Å²) in [6.45, 7) is 1.86. The molecule has 0 spiro atoms. The van der Waals surface area contributed by atoms with Crippen molar-refractivity contribution in [2.24, 2.45) is 0 Å². The summed E-state index contributed by atoms with van der Waals surface area (Å²) in [6.07, 6.45) is 1.63. The molecule has 2 aromatic rings. The SMILES string of the molecule is Cc1nc(N)nc2c(N)nccc12. The summed E-state index contributed by atoms with van der Waals surface area (Å²) < 4.78 is 0. The molecule has 2 heterocycles. The van der Waals surface area contributed by atoms with Gasteiger partial charge in [0.25, 0.3) is 0 Å². The third-order valence-electron chi connectivity index (χ3n) is 1.85. The minimum absolute atomic E-state index is 0.227. The minimum atomic E-state index is 0.227. The van der Waals surface area contributed by atoms with Gasteiger partial charge < -0.3 is 11.5 Å². The summed E-state index contributed by atoms with van der Waals surface area (Å²) in [7, 11) is 0. The molecule has 4 N–H and O–H groups in total. The zero-order valence-electron chi connectivity index (χ0n) is 7.15. The van der Waals surface area contributed by atoms with E-state index in [4.69, 9.17) is 11.5 Å². The summed E-state index contributed by atoms with van der Waals surface area (Å²) in [5.41, 5.74) is 12.6. The van der Waals surface area contributed by atoms with Crippen LogP contribution in [0.5, 0.6) is 0 Å². The molecule has 13 heavy (non-hydrogen) atoms. The topological polar surface area (TPSA) is 90.7 Å². The van der Waals surface area contributed by atoms with Gasteiger partial charge >= 0.3 is 0 Å². The second-order valence-electron chi connectivity index (χ2n) is 2.76. The van der Waals surface area contributed by atoms with Crippen molar-refractivity contribution in [3.8, 4) is 0 Å². The van der Waals surface area contributed by atoms with E-state index < -0.39 is 0 Å². The van der Waals surface area contributed by atoms with Crippen LogP contribution in [0.15, 0.2) is 12.3 Å². The third-order valence-corrected chi connectivity index (χ3v) is 1.85. The van der Waals surface area contributed by atoms with Gasteiger partial charge in [0.2, 0.25) is 5.95 Å². The van der Waals surface area contributed by atoms with E-state index in [1.807, 2.05) is 13.0 Å². The number of pyridine rings is 1. The lowest BCUT2D eigenvalue weighted by molar-refractivity contribution is 1.16. The van der Waals surface area contributed by atoms with Crippen LogP contribution in [0.4, 0.5) is 11.8 Å². The Morgan fingerprint density at radius 1 is 1.23 bits per heavy atom. The first kappa shape index (κ1) is 7.72. The van der Waals surface area contributed by atoms with Crippen LogP contribution in [0.3, 0.4) is 0 Å². The van der Waals surface area contributed by atoms with Crippen LogP contribution in [0.25, 0.3) is 10.9 Å². The fourth-order valence-corrected chi connectivity index (χ4v) is 1.25. The molecule has 0 fully saturated rings. The lowest BCUT2D eigenvalue weighted by Crippen LogP contribution is -2.01. The number of aromatic nitrogens is 3. The Labute approximate surface area is 74.8 Å². The van der Waals surface area contributed by atoms with Crippen molar-refractivity contribution in [1.29, 1.82) is 0 Å².